The summed E-state index contributed by atoms with van der Waals surface area (Å²) in [7, 11) is 0. The predicted octanol–water partition coefficient (Wildman–Crippen LogP) is 16.6. The summed E-state index contributed by atoms with van der Waals surface area (Å²) in [5.41, 5.74) is 18.8. The molecule has 10 aromatic carbocycles. The topological polar surface area (TPSA) is 8.17 Å². The van der Waals surface area contributed by atoms with Gasteiger partial charge in [-0.15, -0.1) is 0 Å². The van der Waals surface area contributed by atoms with Crippen LogP contribution in [0.5, 0.6) is 0 Å². The first-order valence-electron chi connectivity index (χ1n) is 21.3. The van der Waals surface area contributed by atoms with Crippen molar-refractivity contribution >= 4 is 38.9 Å². The standard InChI is InChI=1S/C60H42N2/c1-4-17-43(18-5-1)44-33-37-51(38-34-44)61(52-39-35-46(36-40-52)55-28-11-10-27-54(55)45-19-6-2-7-20-45)53-26-15-22-48(42-53)47-21-14-23-49(41-47)56-30-16-32-59-60(56)57-29-12-13-31-58(57)62(59)50-24-8-3-9-25-50/h1-42H. The second-order valence-corrected chi connectivity index (χ2v) is 15.7. The van der Waals surface area contributed by atoms with E-state index >= 15 is 0 Å². The van der Waals surface area contributed by atoms with Gasteiger partial charge in [-0.3, -0.25) is 0 Å². The number of para-hydroxylation sites is 2. The molecule has 0 unspecified atom stereocenters. The normalized spacial score (nSPS) is 11.2. The van der Waals surface area contributed by atoms with E-state index in [1.807, 2.05) is 0 Å². The van der Waals surface area contributed by atoms with E-state index in [1.165, 1.54) is 71.9 Å². The lowest BCUT2D eigenvalue weighted by molar-refractivity contribution is 1.18. The molecule has 1 heterocycles. The van der Waals surface area contributed by atoms with E-state index in [4.69, 9.17) is 0 Å². The number of rotatable bonds is 9. The Morgan fingerprint density at radius 1 is 0.258 bits per heavy atom. The Balaban J connectivity index is 1.00. The van der Waals surface area contributed by atoms with Crippen molar-refractivity contribution in [2.45, 2.75) is 0 Å². The molecule has 0 atom stereocenters. The molecule has 0 bridgehead atoms. The van der Waals surface area contributed by atoms with Gasteiger partial charge < -0.3 is 9.47 Å². The zero-order valence-electron chi connectivity index (χ0n) is 34.1. The Labute approximate surface area is 362 Å². The van der Waals surface area contributed by atoms with Crippen LogP contribution in [0, 0.1) is 0 Å². The summed E-state index contributed by atoms with van der Waals surface area (Å²) in [6.45, 7) is 0. The van der Waals surface area contributed by atoms with Gasteiger partial charge in [-0.2, -0.15) is 0 Å². The van der Waals surface area contributed by atoms with Gasteiger partial charge in [-0.1, -0.05) is 188 Å². The third-order valence-corrected chi connectivity index (χ3v) is 12.0. The van der Waals surface area contributed by atoms with E-state index in [0.29, 0.717) is 0 Å². The van der Waals surface area contributed by atoms with Crippen molar-refractivity contribution in [3.8, 4) is 61.3 Å². The minimum atomic E-state index is 1.09. The van der Waals surface area contributed by atoms with E-state index in [1.54, 1.807) is 0 Å². The highest BCUT2D eigenvalue weighted by Gasteiger charge is 2.18. The fourth-order valence-electron chi connectivity index (χ4n) is 9.08. The second kappa shape index (κ2) is 16.1. The molecule has 11 aromatic rings. The van der Waals surface area contributed by atoms with Gasteiger partial charge in [0.15, 0.2) is 0 Å². The van der Waals surface area contributed by atoms with Crippen molar-refractivity contribution in [2.24, 2.45) is 0 Å². The summed E-state index contributed by atoms with van der Waals surface area (Å²) in [5.74, 6) is 0. The molecule has 0 saturated heterocycles. The Bertz CT molecular complexity index is 3310. The van der Waals surface area contributed by atoms with Crippen molar-refractivity contribution in [3.63, 3.8) is 0 Å². The van der Waals surface area contributed by atoms with Gasteiger partial charge in [0, 0.05) is 33.5 Å². The first kappa shape index (κ1) is 36.8. The minimum absolute atomic E-state index is 1.09. The molecule has 0 fully saturated rings. The van der Waals surface area contributed by atoms with E-state index in [0.717, 1.165) is 28.3 Å². The zero-order valence-corrected chi connectivity index (χ0v) is 34.1. The molecule has 11 rings (SSSR count). The monoisotopic (exact) mass is 790 g/mol. The van der Waals surface area contributed by atoms with Crippen LogP contribution < -0.4 is 4.90 Å². The van der Waals surface area contributed by atoms with Gasteiger partial charge in [-0.25, -0.2) is 0 Å². The molecular weight excluding hydrogens is 749 g/mol. The quantitative estimate of drug-likeness (QED) is 0.141. The average molecular weight is 791 g/mol. The third-order valence-electron chi connectivity index (χ3n) is 12.0. The molecule has 292 valence electrons. The summed E-state index contributed by atoms with van der Waals surface area (Å²) < 4.78 is 2.39. The van der Waals surface area contributed by atoms with E-state index in [9.17, 15) is 0 Å². The summed E-state index contributed by atoms with van der Waals surface area (Å²) >= 11 is 0. The number of anilines is 3. The number of hydrogen-bond acceptors (Lipinski definition) is 1. The molecule has 0 amide bonds. The average Bonchev–Trinajstić information content (AvgIpc) is 3.70. The summed E-state index contributed by atoms with van der Waals surface area (Å²) in [6.07, 6.45) is 0. The largest absolute Gasteiger partial charge is 0.310 e. The lowest BCUT2D eigenvalue weighted by atomic mass is 9.94. The van der Waals surface area contributed by atoms with Crippen LogP contribution in [0.2, 0.25) is 0 Å². The van der Waals surface area contributed by atoms with Crippen molar-refractivity contribution in [1.82, 2.24) is 4.57 Å². The van der Waals surface area contributed by atoms with Gasteiger partial charge in [0.25, 0.3) is 0 Å². The lowest BCUT2D eigenvalue weighted by Gasteiger charge is -2.26. The smallest absolute Gasteiger partial charge is 0.0547 e. The molecule has 0 radical (unpaired) electrons. The maximum absolute atomic E-state index is 2.39. The lowest BCUT2D eigenvalue weighted by Crippen LogP contribution is -2.10. The fourth-order valence-corrected chi connectivity index (χ4v) is 9.08. The van der Waals surface area contributed by atoms with Crippen LogP contribution in [0.3, 0.4) is 0 Å². The Hall–Kier alpha value is -8.20. The van der Waals surface area contributed by atoms with Crippen LogP contribution in [0.1, 0.15) is 0 Å². The van der Waals surface area contributed by atoms with Gasteiger partial charge in [0.1, 0.15) is 0 Å². The Morgan fingerprint density at radius 3 is 1.40 bits per heavy atom. The van der Waals surface area contributed by atoms with E-state index in [2.05, 4.69) is 264 Å². The highest BCUT2D eigenvalue weighted by Crippen LogP contribution is 2.42. The van der Waals surface area contributed by atoms with Gasteiger partial charge >= 0.3 is 0 Å². The first-order chi connectivity index (χ1) is 30.8. The molecule has 0 N–H and O–H groups in total. The van der Waals surface area contributed by atoms with Crippen molar-refractivity contribution in [1.29, 1.82) is 0 Å². The predicted molar refractivity (Wildman–Crippen MR) is 263 cm³/mol. The maximum atomic E-state index is 2.39. The van der Waals surface area contributed by atoms with Crippen LogP contribution in [0.25, 0.3) is 83.1 Å². The Kier molecular flexibility index (Phi) is 9.57. The van der Waals surface area contributed by atoms with Crippen LogP contribution in [0.4, 0.5) is 17.1 Å². The highest BCUT2D eigenvalue weighted by molar-refractivity contribution is 6.16. The number of fused-ring (bicyclic) bond motifs is 3. The highest BCUT2D eigenvalue weighted by atomic mass is 15.1. The number of hydrogen-bond donors (Lipinski definition) is 0. The minimum Gasteiger partial charge on any atom is -0.310 e. The molecule has 0 spiro atoms. The van der Waals surface area contributed by atoms with Crippen LogP contribution in [0.15, 0.2) is 255 Å². The van der Waals surface area contributed by atoms with Crippen LogP contribution in [-0.2, 0) is 0 Å². The molecule has 62 heavy (non-hydrogen) atoms. The molecule has 0 aliphatic heterocycles. The summed E-state index contributed by atoms with van der Waals surface area (Å²) in [6, 6.07) is 91.9. The fraction of sp³-hybridized carbons (Fsp3) is 0. The van der Waals surface area contributed by atoms with E-state index < -0.39 is 0 Å². The molecule has 0 saturated carbocycles. The molecule has 2 heteroatoms. The number of aromatic nitrogens is 1. The number of nitrogens with zero attached hydrogens (tertiary/aromatic N) is 2. The third kappa shape index (κ3) is 6.84. The van der Waals surface area contributed by atoms with Gasteiger partial charge in [-0.05, 0) is 122 Å². The van der Waals surface area contributed by atoms with Gasteiger partial charge in [0.05, 0.1) is 11.0 Å². The molecular formula is C60H42N2. The van der Waals surface area contributed by atoms with Crippen molar-refractivity contribution in [3.05, 3.63) is 255 Å². The molecule has 1 aromatic heterocycles. The number of benzene rings is 10. The molecule has 0 aliphatic rings. The van der Waals surface area contributed by atoms with Crippen molar-refractivity contribution < 1.29 is 0 Å². The summed E-state index contributed by atoms with van der Waals surface area (Å²) in [4.78, 5) is 2.37. The summed E-state index contributed by atoms with van der Waals surface area (Å²) in [5, 5.41) is 2.51. The maximum Gasteiger partial charge on any atom is 0.0547 e. The van der Waals surface area contributed by atoms with Crippen molar-refractivity contribution in [2.75, 3.05) is 4.90 Å². The first-order valence-corrected chi connectivity index (χ1v) is 21.3. The molecule has 2 nitrogen and oxygen atoms in total. The van der Waals surface area contributed by atoms with Gasteiger partial charge in [0.2, 0.25) is 0 Å². The SMILES string of the molecule is c1ccc(-c2ccc(N(c3ccc(-c4ccccc4-c4ccccc4)cc3)c3cccc(-c4cccc(-c5cccc6c5c5ccccc5n6-c5ccccc5)c4)c3)cc2)cc1. The van der Waals surface area contributed by atoms with Crippen LogP contribution >= 0.6 is 0 Å². The van der Waals surface area contributed by atoms with Crippen LogP contribution in [-0.4, -0.2) is 4.57 Å². The molecule has 0 aliphatic carbocycles. The zero-order chi connectivity index (χ0) is 41.2. The second-order valence-electron chi connectivity index (χ2n) is 15.7. The van der Waals surface area contributed by atoms with E-state index in [-0.39, 0.29) is 0 Å². The Morgan fingerprint density at radius 2 is 0.710 bits per heavy atom.